The van der Waals surface area contributed by atoms with E-state index in [1.165, 1.54) is 0 Å². The minimum Gasteiger partial charge on any atom is -0.370 e. The van der Waals surface area contributed by atoms with Gasteiger partial charge in [-0.1, -0.05) is 31.0 Å². The second-order valence-electron chi connectivity index (χ2n) is 5.03. The van der Waals surface area contributed by atoms with Crippen LogP contribution in [0.1, 0.15) is 35.7 Å². The maximum atomic E-state index is 12.1. The molecule has 4 heteroatoms. The van der Waals surface area contributed by atoms with Crippen molar-refractivity contribution in [1.82, 2.24) is 4.98 Å². The molecule has 0 aliphatic carbocycles. The quantitative estimate of drug-likeness (QED) is 0.792. The van der Waals surface area contributed by atoms with Crippen LogP contribution in [0.3, 0.4) is 0 Å². The molecule has 0 atom stereocenters. The Morgan fingerprint density at radius 2 is 1.90 bits per heavy atom. The van der Waals surface area contributed by atoms with Gasteiger partial charge in [-0.3, -0.25) is 4.79 Å². The second kappa shape index (κ2) is 7.43. The maximum absolute atomic E-state index is 12.1. The van der Waals surface area contributed by atoms with E-state index in [-0.39, 0.29) is 5.91 Å². The van der Waals surface area contributed by atoms with Gasteiger partial charge < -0.3 is 10.6 Å². The molecule has 0 saturated carbocycles. The van der Waals surface area contributed by atoms with E-state index in [2.05, 4.69) is 22.5 Å². The number of aryl methyl sites for hydroxylation is 1. The van der Waals surface area contributed by atoms with Gasteiger partial charge in [-0.15, -0.1) is 0 Å². The third-order valence-corrected chi connectivity index (χ3v) is 3.17. The van der Waals surface area contributed by atoms with Crippen LogP contribution in [0.5, 0.6) is 0 Å². The number of aromatic nitrogens is 1. The smallest absolute Gasteiger partial charge is 0.255 e. The molecule has 0 fully saturated rings. The van der Waals surface area contributed by atoms with Crippen LogP contribution < -0.4 is 10.6 Å². The fourth-order valence-corrected chi connectivity index (χ4v) is 1.87. The first kappa shape index (κ1) is 15.0. The maximum Gasteiger partial charge on any atom is 0.255 e. The zero-order chi connectivity index (χ0) is 15.1. The van der Waals surface area contributed by atoms with Crippen LogP contribution in [0.4, 0.5) is 11.5 Å². The summed E-state index contributed by atoms with van der Waals surface area (Å²) in [5.74, 6) is 0.709. The summed E-state index contributed by atoms with van der Waals surface area (Å²) in [6, 6.07) is 11.2. The minimum atomic E-state index is -0.122. The van der Waals surface area contributed by atoms with Crippen molar-refractivity contribution in [2.24, 2.45) is 0 Å². The van der Waals surface area contributed by atoms with Crippen LogP contribution in [0.15, 0.2) is 42.6 Å². The van der Waals surface area contributed by atoms with Crippen molar-refractivity contribution < 1.29 is 4.79 Å². The number of benzene rings is 1. The number of hydrogen-bond acceptors (Lipinski definition) is 3. The van der Waals surface area contributed by atoms with E-state index < -0.39 is 0 Å². The Balaban J connectivity index is 1.93. The number of carbonyl (C=O) groups is 1. The third-order valence-electron chi connectivity index (χ3n) is 3.17. The van der Waals surface area contributed by atoms with Gasteiger partial charge in [0.05, 0.1) is 11.9 Å². The first-order valence-electron chi connectivity index (χ1n) is 7.27. The van der Waals surface area contributed by atoms with E-state index in [1.54, 1.807) is 6.20 Å². The lowest BCUT2D eigenvalue weighted by atomic mass is 10.1. The first-order valence-corrected chi connectivity index (χ1v) is 7.27. The molecule has 2 aromatic rings. The fraction of sp³-hybridized carbons (Fsp3) is 0.294. The van der Waals surface area contributed by atoms with Gasteiger partial charge in [0.25, 0.3) is 5.91 Å². The number of hydrogen-bond donors (Lipinski definition) is 2. The summed E-state index contributed by atoms with van der Waals surface area (Å²) in [5.41, 5.74) is 2.48. The van der Waals surface area contributed by atoms with Crippen LogP contribution in [0.25, 0.3) is 0 Å². The van der Waals surface area contributed by atoms with Crippen LogP contribution in [-0.2, 0) is 0 Å². The summed E-state index contributed by atoms with van der Waals surface area (Å²) in [4.78, 5) is 16.4. The molecule has 0 saturated heterocycles. The molecular formula is C17H21N3O. The van der Waals surface area contributed by atoms with Gasteiger partial charge in [0, 0.05) is 12.1 Å². The van der Waals surface area contributed by atoms with E-state index in [1.807, 2.05) is 43.3 Å². The Kier molecular flexibility index (Phi) is 5.32. The monoisotopic (exact) mass is 283 g/mol. The van der Waals surface area contributed by atoms with E-state index in [0.29, 0.717) is 11.3 Å². The van der Waals surface area contributed by atoms with Crippen molar-refractivity contribution in [1.29, 1.82) is 0 Å². The highest BCUT2D eigenvalue weighted by molar-refractivity contribution is 6.04. The lowest BCUT2D eigenvalue weighted by Crippen LogP contribution is -2.12. The van der Waals surface area contributed by atoms with Crippen molar-refractivity contribution >= 4 is 17.4 Å². The van der Waals surface area contributed by atoms with E-state index >= 15 is 0 Å². The summed E-state index contributed by atoms with van der Waals surface area (Å²) in [6.45, 7) is 5.06. The molecular weight excluding hydrogens is 262 g/mol. The number of nitrogens with zero attached hydrogens (tertiary/aromatic N) is 1. The number of nitrogens with one attached hydrogen (secondary N) is 2. The molecule has 0 aliphatic rings. The average molecular weight is 283 g/mol. The van der Waals surface area contributed by atoms with Gasteiger partial charge in [0.1, 0.15) is 5.82 Å². The molecule has 0 radical (unpaired) electrons. The average Bonchev–Trinajstić information content (AvgIpc) is 2.50. The number of rotatable bonds is 6. The van der Waals surface area contributed by atoms with Gasteiger partial charge in [-0.05, 0) is 37.6 Å². The summed E-state index contributed by atoms with van der Waals surface area (Å²) >= 11 is 0. The van der Waals surface area contributed by atoms with Crippen molar-refractivity contribution in [3.63, 3.8) is 0 Å². The predicted octanol–water partition coefficient (Wildman–Crippen LogP) is 3.85. The molecule has 1 amide bonds. The van der Waals surface area contributed by atoms with Crippen molar-refractivity contribution in [3.8, 4) is 0 Å². The molecule has 0 aliphatic heterocycles. The van der Waals surface area contributed by atoms with Crippen molar-refractivity contribution in [2.45, 2.75) is 26.7 Å². The minimum absolute atomic E-state index is 0.122. The van der Waals surface area contributed by atoms with E-state index in [0.717, 1.165) is 30.8 Å². The zero-order valence-electron chi connectivity index (χ0n) is 12.5. The Morgan fingerprint density at radius 1 is 1.14 bits per heavy atom. The molecule has 1 aromatic heterocycles. The zero-order valence-corrected chi connectivity index (χ0v) is 12.5. The number of amides is 1. The second-order valence-corrected chi connectivity index (χ2v) is 5.03. The normalized spacial score (nSPS) is 10.2. The van der Waals surface area contributed by atoms with Gasteiger partial charge in [-0.2, -0.15) is 0 Å². The lowest BCUT2D eigenvalue weighted by Gasteiger charge is -2.07. The van der Waals surface area contributed by atoms with Crippen LogP contribution in [-0.4, -0.2) is 17.4 Å². The number of carbonyl (C=O) groups excluding carboxylic acids is 1. The van der Waals surface area contributed by atoms with Gasteiger partial charge in [-0.25, -0.2) is 4.98 Å². The molecule has 21 heavy (non-hydrogen) atoms. The Morgan fingerprint density at radius 3 is 2.52 bits per heavy atom. The summed E-state index contributed by atoms with van der Waals surface area (Å²) in [5, 5.41) is 6.08. The van der Waals surface area contributed by atoms with Crippen LogP contribution in [0.2, 0.25) is 0 Å². The highest BCUT2D eigenvalue weighted by Gasteiger charge is 2.05. The lowest BCUT2D eigenvalue weighted by molar-refractivity contribution is 0.102. The molecule has 0 unspecified atom stereocenters. The fourth-order valence-electron chi connectivity index (χ4n) is 1.87. The number of anilines is 2. The van der Waals surface area contributed by atoms with Crippen LogP contribution in [0, 0.1) is 6.92 Å². The van der Waals surface area contributed by atoms with Crippen molar-refractivity contribution in [3.05, 3.63) is 53.7 Å². The Bertz CT molecular complexity index is 576. The number of pyridine rings is 1. The first-order chi connectivity index (χ1) is 10.2. The molecule has 0 spiro atoms. The van der Waals surface area contributed by atoms with Gasteiger partial charge in [0.2, 0.25) is 0 Å². The largest absolute Gasteiger partial charge is 0.370 e. The topological polar surface area (TPSA) is 54.0 Å². The highest BCUT2D eigenvalue weighted by Crippen LogP contribution is 2.12. The molecule has 2 rings (SSSR count). The Labute approximate surface area is 125 Å². The summed E-state index contributed by atoms with van der Waals surface area (Å²) < 4.78 is 0. The van der Waals surface area contributed by atoms with E-state index in [9.17, 15) is 4.79 Å². The summed E-state index contributed by atoms with van der Waals surface area (Å²) in [6.07, 6.45) is 3.94. The molecule has 2 N–H and O–H groups in total. The molecule has 4 nitrogen and oxygen atoms in total. The standard InChI is InChI=1S/C17H21N3O/c1-3-4-11-18-16-10-9-15(12-19-16)20-17(21)14-7-5-13(2)6-8-14/h5-10,12H,3-4,11H2,1-2H3,(H,18,19)(H,20,21). The Hall–Kier alpha value is -2.36. The van der Waals surface area contributed by atoms with Crippen molar-refractivity contribution in [2.75, 3.05) is 17.2 Å². The third kappa shape index (κ3) is 4.60. The molecule has 110 valence electrons. The SMILES string of the molecule is CCCCNc1ccc(NC(=O)c2ccc(C)cc2)cn1. The summed E-state index contributed by atoms with van der Waals surface area (Å²) in [7, 11) is 0. The number of unbranched alkanes of at least 4 members (excludes halogenated alkanes) is 1. The van der Waals surface area contributed by atoms with Gasteiger partial charge >= 0.3 is 0 Å². The molecule has 1 aromatic carbocycles. The van der Waals surface area contributed by atoms with Gasteiger partial charge in [0.15, 0.2) is 0 Å². The molecule has 1 heterocycles. The van der Waals surface area contributed by atoms with Crippen LogP contribution >= 0.6 is 0 Å². The van der Waals surface area contributed by atoms with E-state index in [4.69, 9.17) is 0 Å². The highest BCUT2D eigenvalue weighted by atomic mass is 16.1. The predicted molar refractivity (Wildman–Crippen MR) is 86.8 cm³/mol. The molecule has 0 bridgehead atoms.